The fraction of sp³-hybridized carbons (Fsp3) is 0.500. The molecule has 1 N–H and O–H groups in total. The normalized spacial score (nSPS) is 20.7. The quantitative estimate of drug-likeness (QED) is 0.848. The first-order chi connectivity index (χ1) is 13.7. The van der Waals surface area contributed by atoms with Gasteiger partial charge in [-0.15, -0.1) is 0 Å². The Balaban J connectivity index is 1.68. The average molecular weight is 378 g/mol. The zero-order chi connectivity index (χ0) is 19.6. The van der Waals surface area contributed by atoms with Gasteiger partial charge in [0, 0.05) is 24.8 Å². The van der Waals surface area contributed by atoms with E-state index in [0.29, 0.717) is 18.8 Å². The summed E-state index contributed by atoms with van der Waals surface area (Å²) in [5.74, 6) is 0.0152. The Kier molecular flexibility index (Phi) is 5.49. The molecule has 3 aliphatic rings. The summed E-state index contributed by atoms with van der Waals surface area (Å²) in [6.07, 6.45) is 15.0. The molecule has 0 aromatic carbocycles. The Bertz CT molecular complexity index is 822. The highest BCUT2D eigenvalue weighted by Crippen LogP contribution is 2.49. The third-order valence-corrected chi connectivity index (χ3v) is 6.48. The predicted octanol–water partition coefficient (Wildman–Crippen LogP) is 4.37. The fourth-order valence-electron chi connectivity index (χ4n) is 4.83. The molecule has 28 heavy (non-hydrogen) atoms. The molecule has 2 heterocycles. The number of carbonyl (C=O) groups is 1. The number of pyridine rings is 1. The Morgan fingerprint density at radius 1 is 1.11 bits per heavy atom. The van der Waals surface area contributed by atoms with Crippen molar-refractivity contribution in [3.8, 4) is 0 Å². The van der Waals surface area contributed by atoms with E-state index in [9.17, 15) is 4.79 Å². The summed E-state index contributed by atoms with van der Waals surface area (Å²) in [5.41, 5.74) is 6.14. The summed E-state index contributed by atoms with van der Waals surface area (Å²) in [7, 11) is 0. The highest BCUT2D eigenvalue weighted by molar-refractivity contribution is 5.93. The molecular formula is C24H31N3O. The molecule has 0 saturated carbocycles. The third kappa shape index (κ3) is 3.58. The van der Waals surface area contributed by atoms with Crippen LogP contribution in [0.5, 0.6) is 0 Å². The van der Waals surface area contributed by atoms with Crippen LogP contribution in [0.2, 0.25) is 0 Å². The molecule has 0 radical (unpaired) electrons. The maximum absolute atomic E-state index is 12.6. The number of nitrogens with one attached hydrogen (secondary N) is 1. The average Bonchev–Trinajstić information content (AvgIpc) is 2.74. The van der Waals surface area contributed by atoms with Crippen molar-refractivity contribution in [3.63, 3.8) is 0 Å². The number of allylic oxidation sites excluding steroid dienone is 6. The van der Waals surface area contributed by atoms with E-state index in [4.69, 9.17) is 0 Å². The summed E-state index contributed by atoms with van der Waals surface area (Å²) >= 11 is 0. The molecule has 148 valence electrons. The topological polar surface area (TPSA) is 45.2 Å². The Labute approximate surface area is 168 Å². The van der Waals surface area contributed by atoms with Crippen LogP contribution in [0, 0.1) is 5.41 Å². The molecule has 2 aliphatic carbocycles. The van der Waals surface area contributed by atoms with Crippen molar-refractivity contribution in [2.45, 2.75) is 46.0 Å². The first-order valence-corrected chi connectivity index (χ1v) is 10.7. The standard InChI is InChI=1S/C24H31N3O/c1-3-27(4-2)23(28)22-10-9-19(17-26-22)21-16-24(11-13-25-14-12-24)15-18-7-5-6-8-20(18)21/h7-10,16-17,25H,3-6,11-15H2,1-2H3. The monoisotopic (exact) mass is 377 g/mol. The largest absolute Gasteiger partial charge is 0.338 e. The van der Waals surface area contributed by atoms with E-state index < -0.39 is 0 Å². The van der Waals surface area contributed by atoms with Crippen LogP contribution in [0.15, 0.2) is 47.7 Å². The van der Waals surface area contributed by atoms with Crippen LogP contribution in [0.25, 0.3) is 5.57 Å². The van der Waals surface area contributed by atoms with Crippen LogP contribution in [-0.4, -0.2) is 42.0 Å². The number of aromatic nitrogens is 1. The maximum Gasteiger partial charge on any atom is 0.272 e. The smallest absolute Gasteiger partial charge is 0.272 e. The second kappa shape index (κ2) is 8.04. The first-order valence-electron chi connectivity index (χ1n) is 10.7. The van der Waals surface area contributed by atoms with Gasteiger partial charge in [0.25, 0.3) is 5.91 Å². The molecule has 0 atom stereocenters. The predicted molar refractivity (Wildman–Crippen MR) is 114 cm³/mol. The highest BCUT2D eigenvalue weighted by atomic mass is 16.2. The second-order valence-electron chi connectivity index (χ2n) is 8.18. The van der Waals surface area contributed by atoms with Crippen LogP contribution in [0.4, 0.5) is 0 Å². The summed E-state index contributed by atoms with van der Waals surface area (Å²) in [6.45, 7) is 7.61. The van der Waals surface area contributed by atoms with Crippen molar-refractivity contribution < 1.29 is 4.79 Å². The van der Waals surface area contributed by atoms with E-state index >= 15 is 0 Å². The van der Waals surface area contributed by atoms with Crippen LogP contribution < -0.4 is 5.32 Å². The summed E-state index contributed by atoms with van der Waals surface area (Å²) < 4.78 is 0. The van der Waals surface area contributed by atoms with Gasteiger partial charge in [-0.25, -0.2) is 0 Å². The van der Waals surface area contributed by atoms with Gasteiger partial charge < -0.3 is 10.2 Å². The van der Waals surface area contributed by atoms with E-state index in [2.05, 4.69) is 34.6 Å². The number of hydrogen-bond acceptors (Lipinski definition) is 3. The number of hydrogen-bond donors (Lipinski definition) is 1. The summed E-state index contributed by atoms with van der Waals surface area (Å²) in [5, 5.41) is 3.51. The van der Waals surface area contributed by atoms with Crippen LogP contribution in [0.1, 0.15) is 62.0 Å². The SMILES string of the molecule is CCN(CC)C(=O)c1ccc(C2=CC3(CCNCC3)CC3=CCCC=C32)cn1. The Hall–Kier alpha value is -2.20. The number of nitrogens with zero attached hydrogens (tertiary/aromatic N) is 2. The van der Waals surface area contributed by atoms with Gasteiger partial charge in [0.1, 0.15) is 5.69 Å². The lowest BCUT2D eigenvalue weighted by Crippen LogP contribution is -2.37. The summed E-state index contributed by atoms with van der Waals surface area (Å²) in [6, 6.07) is 3.98. The first kappa shape index (κ1) is 19.1. The molecule has 0 bridgehead atoms. The molecule has 0 unspecified atom stereocenters. The molecular weight excluding hydrogens is 346 g/mol. The van der Waals surface area contributed by atoms with Gasteiger partial charge in [-0.05, 0) is 87.2 Å². The minimum Gasteiger partial charge on any atom is -0.338 e. The van der Waals surface area contributed by atoms with E-state index in [-0.39, 0.29) is 11.3 Å². The number of fused-ring (bicyclic) bond motifs is 1. The lowest BCUT2D eigenvalue weighted by Gasteiger charge is -2.41. The van der Waals surface area contributed by atoms with Crippen molar-refractivity contribution in [2.24, 2.45) is 5.41 Å². The van der Waals surface area contributed by atoms with E-state index in [1.165, 1.54) is 29.6 Å². The molecule has 1 saturated heterocycles. The minimum absolute atomic E-state index is 0.0152. The van der Waals surface area contributed by atoms with E-state index in [0.717, 1.165) is 37.9 Å². The number of rotatable bonds is 4. The van der Waals surface area contributed by atoms with Gasteiger partial charge in [0.05, 0.1) is 0 Å². The molecule has 1 spiro atoms. The van der Waals surface area contributed by atoms with Crippen molar-refractivity contribution in [2.75, 3.05) is 26.2 Å². The van der Waals surface area contributed by atoms with E-state index in [1.54, 1.807) is 0 Å². The van der Waals surface area contributed by atoms with Gasteiger partial charge in [0.15, 0.2) is 0 Å². The minimum atomic E-state index is 0.0152. The molecule has 4 nitrogen and oxygen atoms in total. The van der Waals surface area contributed by atoms with Gasteiger partial charge >= 0.3 is 0 Å². The summed E-state index contributed by atoms with van der Waals surface area (Å²) in [4.78, 5) is 19.0. The zero-order valence-corrected chi connectivity index (χ0v) is 17.1. The number of amides is 1. The molecule has 1 fully saturated rings. The zero-order valence-electron chi connectivity index (χ0n) is 17.1. The van der Waals surface area contributed by atoms with Crippen LogP contribution >= 0.6 is 0 Å². The van der Waals surface area contributed by atoms with Gasteiger partial charge in [-0.1, -0.05) is 24.3 Å². The second-order valence-corrected chi connectivity index (χ2v) is 8.18. The highest BCUT2D eigenvalue weighted by Gasteiger charge is 2.37. The fourth-order valence-corrected chi connectivity index (χ4v) is 4.83. The molecule has 1 aromatic heterocycles. The molecule has 4 heteroatoms. The van der Waals surface area contributed by atoms with E-state index in [1.807, 2.05) is 31.0 Å². The van der Waals surface area contributed by atoms with Crippen molar-refractivity contribution in [3.05, 3.63) is 59.0 Å². The third-order valence-electron chi connectivity index (χ3n) is 6.48. The molecule has 1 amide bonds. The maximum atomic E-state index is 12.6. The lowest BCUT2D eigenvalue weighted by atomic mass is 9.65. The van der Waals surface area contributed by atoms with Gasteiger partial charge in [-0.3, -0.25) is 9.78 Å². The number of carbonyl (C=O) groups excluding carboxylic acids is 1. The van der Waals surface area contributed by atoms with Crippen LogP contribution in [-0.2, 0) is 0 Å². The Morgan fingerprint density at radius 2 is 1.86 bits per heavy atom. The van der Waals surface area contributed by atoms with Crippen molar-refractivity contribution in [1.29, 1.82) is 0 Å². The Morgan fingerprint density at radius 3 is 2.54 bits per heavy atom. The molecule has 4 rings (SSSR count). The lowest BCUT2D eigenvalue weighted by molar-refractivity contribution is 0.0767. The van der Waals surface area contributed by atoms with Crippen molar-refractivity contribution in [1.82, 2.24) is 15.2 Å². The van der Waals surface area contributed by atoms with Crippen molar-refractivity contribution >= 4 is 11.5 Å². The molecule has 1 aromatic rings. The van der Waals surface area contributed by atoms with Crippen LogP contribution in [0.3, 0.4) is 0 Å². The van der Waals surface area contributed by atoms with Gasteiger partial charge in [-0.2, -0.15) is 0 Å². The molecule has 1 aliphatic heterocycles. The number of piperidine rings is 1. The van der Waals surface area contributed by atoms with Gasteiger partial charge in [0.2, 0.25) is 0 Å².